The first-order valence-electron chi connectivity index (χ1n) is 9.54. The van der Waals surface area contributed by atoms with Crippen LogP contribution in [0.1, 0.15) is 11.1 Å². The van der Waals surface area contributed by atoms with Gasteiger partial charge in [0.2, 0.25) is 20.0 Å². The maximum Gasteiger partial charge on any atom is 0.270 e. The lowest BCUT2D eigenvalue weighted by molar-refractivity contribution is -0.385. The number of hydrogen-bond donors (Lipinski definition) is 2. The second-order valence-electron chi connectivity index (χ2n) is 6.97. The summed E-state index contributed by atoms with van der Waals surface area (Å²) in [5, 5.41) is 21.7. The Morgan fingerprint density at radius 2 is 0.971 bits per heavy atom. The first kappa shape index (κ1) is 24.9. The lowest BCUT2D eigenvalue weighted by atomic mass is 10.1. The van der Waals surface area contributed by atoms with Gasteiger partial charge in [-0.2, -0.15) is 0 Å². The van der Waals surface area contributed by atoms with Crippen molar-refractivity contribution in [3.8, 4) is 0 Å². The van der Waals surface area contributed by atoms with Crippen LogP contribution in [0.4, 0.5) is 11.4 Å². The van der Waals surface area contributed by atoms with Crippen LogP contribution in [0.5, 0.6) is 0 Å². The van der Waals surface area contributed by atoms with Gasteiger partial charge in [-0.3, -0.25) is 20.2 Å². The van der Waals surface area contributed by atoms with Crippen LogP contribution >= 0.6 is 0 Å². The summed E-state index contributed by atoms with van der Waals surface area (Å²) in [6.07, 6.45) is 0. The van der Waals surface area contributed by atoms with Gasteiger partial charge in [0.05, 0.1) is 19.6 Å². The molecule has 3 aromatic rings. The minimum absolute atomic E-state index is 0.0925. The molecule has 0 amide bonds. The van der Waals surface area contributed by atoms with E-state index in [0.717, 1.165) is 12.1 Å². The van der Waals surface area contributed by atoms with E-state index >= 15 is 0 Å². The molecular weight excluding hydrogens is 488 g/mol. The SMILES string of the molecule is O=[N+]([O-])c1cccc(S(=O)(=O)NCc2ccc(CNS(=O)(=O)c3cccc([N+](=O)[O-])c3)cc2)c1. The van der Waals surface area contributed by atoms with Crippen LogP contribution in [-0.4, -0.2) is 26.7 Å². The standard InChI is InChI=1S/C20H18N4O8S2/c25-23(26)17-3-1-5-19(11-17)33(29,30)21-13-15-7-9-16(10-8-15)14-22-34(31,32)20-6-2-4-18(12-20)24(27)28/h1-12,21-22H,13-14H2. The third-order valence-electron chi connectivity index (χ3n) is 4.63. The maximum absolute atomic E-state index is 12.4. The molecule has 0 unspecified atom stereocenters. The predicted octanol–water partition coefficient (Wildman–Crippen LogP) is 2.46. The highest BCUT2D eigenvalue weighted by Crippen LogP contribution is 2.19. The fourth-order valence-corrected chi connectivity index (χ4v) is 4.94. The van der Waals surface area contributed by atoms with Gasteiger partial charge < -0.3 is 0 Å². The summed E-state index contributed by atoms with van der Waals surface area (Å²) in [5.41, 5.74) is 0.443. The topological polar surface area (TPSA) is 179 Å². The van der Waals surface area contributed by atoms with E-state index in [0.29, 0.717) is 11.1 Å². The van der Waals surface area contributed by atoms with Crippen molar-refractivity contribution in [3.05, 3.63) is 104 Å². The normalized spacial score (nSPS) is 11.8. The minimum atomic E-state index is -3.99. The fraction of sp³-hybridized carbons (Fsp3) is 0.100. The van der Waals surface area contributed by atoms with Gasteiger partial charge in [0.25, 0.3) is 11.4 Å². The van der Waals surface area contributed by atoms with E-state index < -0.39 is 29.9 Å². The van der Waals surface area contributed by atoms with Crippen LogP contribution < -0.4 is 9.44 Å². The van der Waals surface area contributed by atoms with Crippen LogP contribution in [0.25, 0.3) is 0 Å². The van der Waals surface area contributed by atoms with E-state index in [4.69, 9.17) is 0 Å². The third kappa shape index (κ3) is 6.20. The van der Waals surface area contributed by atoms with Gasteiger partial charge in [0, 0.05) is 37.4 Å². The second-order valence-corrected chi connectivity index (χ2v) is 10.5. The van der Waals surface area contributed by atoms with E-state index in [2.05, 4.69) is 9.44 Å². The Morgan fingerprint density at radius 1 is 0.618 bits per heavy atom. The number of sulfonamides is 2. The molecule has 0 bridgehead atoms. The molecule has 0 aromatic heterocycles. The van der Waals surface area contributed by atoms with Gasteiger partial charge in [0.1, 0.15) is 0 Å². The summed E-state index contributed by atoms with van der Waals surface area (Å²) in [5.74, 6) is 0. The van der Waals surface area contributed by atoms with Gasteiger partial charge in [-0.05, 0) is 23.3 Å². The Balaban J connectivity index is 1.62. The van der Waals surface area contributed by atoms with Crippen molar-refractivity contribution in [1.29, 1.82) is 0 Å². The monoisotopic (exact) mass is 506 g/mol. The Labute approximate surface area is 194 Å². The smallest absolute Gasteiger partial charge is 0.258 e. The number of benzene rings is 3. The van der Waals surface area contributed by atoms with E-state index in [1.807, 2.05) is 0 Å². The molecule has 0 heterocycles. The molecule has 0 aliphatic heterocycles. The van der Waals surface area contributed by atoms with Gasteiger partial charge in [-0.15, -0.1) is 0 Å². The molecule has 0 aliphatic rings. The van der Waals surface area contributed by atoms with Crippen molar-refractivity contribution in [2.24, 2.45) is 0 Å². The lowest BCUT2D eigenvalue weighted by Gasteiger charge is -2.09. The molecule has 0 aliphatic carbocycles. The van der Waals surface area contributed by atoms with Crippen LogP contribution in [0.3, 0.4) is 0 Å². The van der Waals surface area contributed by atoms with Crippen molar-refractivity contribution in [2.75, 3.05) is 0 Å². The molecular formula is C20H18N4O8S2. The minimum Gasteiger partial charge on any atom is -0.258 e. The molecule has 0 atom stereocenters. The first-order chi connectivity index (χ1) is 16.0. The zero-order valence-electron chi connectivity index (χ0n) is 17.3. The van der Waals surface area contributed by atoms with Crippen LogP contribution in [0.2, 0.25) is 0 Å². The third-order valence-corrected chi connectivity index (χ3v) is 7.43. The summed E-state index contributed by atoms with van der Waals surface area (Å²) in [6.45, 7) is -0.185. The van der Waals surface area contributed by atoms with E-state index in [-0.39, 0.29) is 34.3 Å². The molecule has 0 spiro atoms. The van der Waals surface area contributed by atoms with Crippen molar-refractivity contribution in [3.63, 3.8) is 0 Å². The first-order valence-corrected chi connectivity index (χ1v) is 12.5. The molecule has 12 nitrogen and oxygen atoms in total. The molecule has 34 heavy (non-hydrogen) atoms. The number of nitro groups is 2. The molecule has 2 N–H and O–H groups in total. The summed E-state index contributed by atoms with van der Waals surface area (Å²) >= 11 is 0. The van der Waals surface area contributed by atoms with E-state index in [1.54, 1.807) is 24.3 Å². The fourth-order valence-electron chi connectivity index (χ4n) is 2.83. The number of hydrogen-bond acceptors (Lipinski definition) is 8. The zero-order valence-corrected chi connectivity index (χ0v) is 19.0. The number of nitro benzene ring substituents is 2. The zero-order chi connectivity index (χ0) is 24.9. The highest BCUT2D eigenvalue weighted by molar-refractivity contribution is 7.89. The predicted molar refractivity (Wildman–Crippen MR) is 121 cm³/mol. The van der Waals surface area contributed by atoms with Crippen molar-refractivity contribution < 1.29 is 26.7 Å². The highest BCUT2D eigenvalue weighted by Gasteiger charge is 2.18. The Bertz CT molecular complexity index is 1330. The second kappa shape index (κ2) is 10.0. The van der Waals surface area contributed by atoms with Crippen LogP contribution in [0.15, 0.2) is 82.6 Å². The number of rotatable bonds is 10. The largest absolute Gasteiger partial charge is 0.270 e. The van der Waals surface area contributed by atoms with Crippen molar-refractivity contribution in [1.82, 2.24) is 9.44 Å². The Kier molecular flexibility index (Phi) is 7.36. The van der Waals surface area contributed by atoms with Crippen LogP contribution in [0, 0.1) is 20.2 Å². The van der Waals surface area contributed by atoms with Gasteiger partial charge >= 0.3 is 0 Å². The number of nitrogens with one attached hydrogen (secondary N) is 2. The van der Waals surface area contributed by atoms with Crippen LogP contribution in [-0.2, 0) is 33.1 Å². The van der Waals surface area contributed by atoms with Gasteiger partial charge in [-0.25, -0.2) is 26.3 Å². The Hall–Kier alpha value is -3.72. The van der Waals surface area contributed by atoms with E-state index in [9.17, 15) is 37.1 Å². The highest BCUT2D eigenvalue weighted by atomic mass is 32.2. The number of non-ortho nitro benzene ring substituents is 2. The summed E-state index contributed by atoms with van der Waals surface area (Å²) < 4.78 is 54.3. The number of nitrogens with zero attached hydrogens (tertiary/aromatic N) is 2. The molecule has 3 aromatic carbocycles. The molecule has 3 rings (SSSR count). The lowest BCUT2D eigenvalue weighted by Crippen LogP contribution is -2.24. The molecule has 178 valence electrons. The Morgan fingerprint density at radius 3 is 1.29 bits per heavy atom. The molecule has 0 saturated carbocycles. The van der Waals surface area contributed by atoms with Gasteiger partial charge in [0.15, 0.2) is 0 Å². The molecule has 14 heteroatoms. The average Bonchev–Trinajstić information content (AvgIpc) is 2.82. The van der Waals surface area contributed by atoms with Gasteiger partial charge in [-0.1, -0.05) is 36.4 Å². The summed E-state index contributed by atoms with van der Waals surface area (Å²) in [7, 11) is -7.98. The molecule has 0 fully saturated rings. The summed E-state index contributed by atoms with van der Waals surface area (Å²) in [4.78, 5) is 19.8. The summed E-state index contributed by atoms with van der Waals surface area (Å²) in [6, 6.07) is 15.7. The molecule has 0 saturated heterocycles. The average molecular weight is 507 g/mol. The molecule has 0 radical (unpaired) electrons. The van der Waals surface area contributed by atoms with Crippen molar-refractivity contribution >= 4 is 31.4 Å². The quantitative estimate of drug-likeness (QED) is 0.311. The maximum atomic E-state index is 12.4. The van der Waals surface area contributed by atoms with Crippen molar-refractivity contribution in [2.45, 2.75) is 22.9 Å². The van der Waals surface area contributed by atoms with E-state index in [1.165, 1.54) is 36.4 Å².